The highest BCUT2D eigenvalue weighted by Crippen LogP contribution is 2.22. The average molecular weight is 180 g/mol. The van der Waals surface area contributed by atoms with Crippen molar-refractivity contribution in [1.29, 1.82) is 0 Å². The van der Waals surface area contributed by atoms with Crippen LogP contribution in [0.5, 0.6) is 0 Å². The van der Waals surface area contributed by atoms with Crippen molar-refractivity contribution in [3.8, 4) is 11.4 Å². The van der Waals surface area contributed by atoms with E-state index in [0.29, 0.717) is 16.4 Å². The summed E-state index contributed by atoms with van der Waals surface area (Å²) in [5, 5.41) is 13.8. The Bertz CT molecular complexity index is 371. The molecule has 0 atom stereocenters. The predicted octanol–water partition coefficient (Wildman–Crippen LogP) is 1.32. The first-order valence-corrected chi connectivity index (χ1v) is 3.66. The summed E-state index contributed by atoms with van der Waals surface area (Å²) in [6.07, 6.45) is 0. The number of rotatable bonds is 1. The minimum Gasteiger partial charge on any atom is -0.239 e. The van der Waals surface area contributed by atoms with Gasteiger partial charge in [0.05, 0.1) is 5.02 Å². The van der Waals surface area contributed by atoms with Crippen LogP contribution in [-0.2, 0) is 0 Å². The van der Waals surface area contributed by atoms with Gasteiger partial charge >= 0.3 is 0 Å². The second-order valence-electron chi connectivity index (χ2n) is 2.14. The van der Waals surface area contributed by atoms with E-state index >= 15 is 0 Å². The summed E-state index contributed by atoms with van der Waals surface area (Å²) in [7, 11) is 0. The van der Waals surface area contributed by atoms with Gasteiger partial charge in [0.15, 0.2) is 5.82 Å². The Morgan fingerprint density at radius 2 is 2.42 bits per heavy atom. The molecule has 59 valence electrons. The van der Waals surface area contributed by atoms with Crippen LogP contribution >= 0.6 is 11.6 Å². The normalized spacial score (nSPS) is 10.1. The van der Waals surface area contributed by atoms with Gasteiger partial charge in [-0.05, 0) is 22.6 Å². The standard InChI is InChI=1S/C7H4ClN4/c8-6-4-2-1-3-5(6)7-9-11-12-10-7/h1-2,4H,(H,9,10,11,12). The highest BCUT2D eigenvalue weighted by Gasteiger charge is 2.04. The molecule has 0 saturated carbocycles. The van der Waals surface area contributed by atoms with Crippen LogP contribution in [0.1, 0.15) is 0 Å². The van der Waals surface area contributed by atoms with Crippen molar-refractivity contribution in [3.63, 3.8) is 0 Å². The molecule has 0 amide bonds. The van der Waals surface area contributed by atoms with Gasteiger partial charge in [0.1, 0.15) is 0 Å². The predicted molar refractivity (Wildman–Crippen MR) is 43.5 cm³/mol. The van der Waals surface area contributed by atoms with Crippen LogP contribution in [0.15, 0.2) is 18.2 Å². The van der Waals surface area contributed by atoms with Crippen LogP contribution in [0.4, 0.5) is 0 Å². The highest BCUT2D eigenvalue weighted by atomic mass is 35.5. The van der Waals surface area contributed by atoms with Gasteiger partial charge < -0.3 is 0 Å². The lowest BCUT2D eigenvalue weighted by Crippen LogP contribution is -1.81. The summed E-state index contributed by atoms with van der Waals surface area (Å²) in [6, 6.07) is 8.25. The third-order valence-electron chi connectivity index (χ3n) is 1.39. The molecule has 1 radical (unpaired) electrons. The van der Waals surface area contributed by atoms with E-state index in [1.54, 1.807) is 18.2 Å². The lowest BCUT2D eigenvalue weighted by molar-refractivity contribution is 0.881. The Kier molecular flexibility index (Phi) is 1.75. The summed E-state index contributed by atoms with van der Waals surface area (Å²) in [4.78, 5) is 0. The minimum absolute atomic E-state index is 0.528. The number of tetrazole rings is 1. The van der Waals surface area contributed by atoms with Crippen LogP contribution in [0.2, 0.25) is 5.02 Å². The molecule has 2 aromatic rings. The molecule has 1 aromatic heterocycles. The number of nitrogens with one attached hydrogen (secondary N) is 1. The Hall–Kier alpha value is -1.42. The number of aromatic amines is 1. The zero-order valence-electron chi connectivity index (χ0n) is 5.95. The third-order valence-corrected chi connectivity index (χ3v) is 1.70. The minimum atomic E-state index is 0.528. The van der Waals surface area contributed by atoms with Crippen LogP contribution in [0, 0.1) is 6.07 Å². The zero-order valence-corrected chi connectivity index (χ0v) is 6.71. The van der Waals surface area contributed by atoms with Crippen molar-refractivity contribution in [2.45, 2.75) is 0 Å². The van der Waals surface area contributed by atoms with E-state index in [2.05, 4.69) is 26.7 Å². The highest BCUT2D eigenvalue weighted by molar-refractivity contribution is 6.33. The maximum atomic E-state index is 5.87. The fourth-order valence-electron chi connectivity index (χ4n) is 0.863. The Morgan fingerprint density at radius 1 is 1.50 bits per heavy atom. The van der Waals surface area contributed by atoms with E-state index in [1.165, 1.54) is 0 Å². The van der Waals surface area contributed by atoms with E-state index < -0.39 is 0 Å². The van der Waals surface area contributed by atoms with Crippen LogP contribution in [-0.4, -0.2) is 20.6 Å². The van der Waals surface area contributed by atoms with Crippen molar-refractivity contribution in [2.24, 2.45) is 0 Å². The summed E-state index contributed by atoms with van der Waals surface area (Å²) >= 11 is 5.87. The van der Waals surface area contributed by atoms with Crippen LogP contribution in [0.25, 0.3) is 11.4 Å². The van der Waals surface area contributed by atoms with E-state index in [1.807, 2.05) is 0 Å². The molecular weight excluding hydrogens is 176 g/mol. The molecule has 1 heterocycles. The van der Waals surface area contributed by atoms with Crippen molar-refractivity contribution in [1.82, 2.24) is 20.6 Å². The van der Waals surface area contributed by atoms with Gasteiger partial charge in [-0.3, -0.25) is 0 Å². The zero-order chi connectivity index (χ0) is 8.39. The van der Waals surface area contributed by atoms with Crippen molar-refractivity contribution in [3.05, 3.63) is 29.3 Å². The monoisotopic (exact) mass is 179 g/mol. The van der Waals surface area contributed by atoms with E-state index in [-0.39, 0.29) is 0 Å². The Labute approximate surface area is 73.6 Å². The molecule has 2 rings (SSSR count). The van der Waals surface area contributed by atoms with E-state index in [4.69, 9.17) is 11.6 Å². The first-order valence-electron chi connectivity index (χ1n) is 3.28. The molecule has 0 aliphatic carbocycles. The molecule has 12 heavy (non-hydrogen) atoms. The molecule has 1 N–H and O–H groups in total. The second kappa shape index (κ2) is 2.91. The topological polar surface area (TPSA) is 54.5 Å². The number of aromatic nitrogens is 4. The van der Waals surface area contributed by atoms with Gasteiger partial charge in [-0.2, -0.15) is 0 Å². The smallest absolute Gasteiger partial charge is 0.181 e. The summed E-state index contributed by atoms with van der Waals surface area (Å²) in [6.45, 7) is 0. The summed E-state index contributed by atoms with van der Waals surface area (Å²) < 4.78 is 0. The molecule has 4 nitrogen and oxygen atoms in total. The summed E-state index contributed by atoms with van der Waals surface area (Å²) in [5.74, 6) is 0.528. The van der Waals surface area contributed by atoms with Gasteiger partial charge in [0.25, 0.3) is 0 Å². The van der Waals surface area contributed by atoms with Crippen LogP contribution in [0.3, 0.4) is 0 Å². The fourth-order valence-corrected chi connectivity index (χ4v) is 1.08. The van der Waals surface area contributed by atoms with Crippen molar-refractivity contribution >= 4 is 11.6 Å². The largest absolute Gasteiger partial charge is 0.239 e. The number of nitrogens with zero attached hydrogens (tertiary/aromatic N) is 3. The SMILES string of the molecule is Clc1ccc[c]c1-c1nnn[nH]1. The van der Waals surface area contributed by atoms with E-state index in [0.717, 1.165) is 0 Å². The van der Waals surface area contributed by atoms with Crippen LogP contribution < -0.4 is 0 Å². The molecule has 0 fully saturated rings. The molecule has 0 unspecified atom stereocenters. The number of halogens is 1. The van der Waals surface area contributed by atoms with Gasteiger partial charge in [0, 0.05) is 5.56 Å². The maximum Gasteiger partial charge on any atom is 0.181 e. The first kappa shape index (κ1) is 7.24. The number of hydrogen-bond donors (Lipinski definition) is 1. The lowest BCUT2D eigenvalue weighted by atomic mass is 10.2. The van der Waals surface area contributed by atoms with Crippen molar-refractivity contribution in [2.75, 3.05) is 0 Å². The van der Waals surface area contributed by atoms with E-state index in [9.17, 15) is 0 Å². The Balaban J connectivity index is 2.55. The average Bonchev–Trinajstić information content (AvgIpc) is 2.57. The number of H-pyrrole nitrogens is 1. The van der Waals surface area contributed by atoms with Gasteiger partial charge in [0.2, 0.25) is 0 Å². The van der Waals surface area contributed by atoms with Gasteiger partial charge in [-0.15, -0.1) is 5.10 Å². The summed E-state index contributed by atoms with van der Waals surface area (Å²) in [5.41, 5.74) is 0.684. The molecule has 0 aliphatic rings. The maximum absolute atomic E-state index is 5.87. The molecule has 0 aliphatic heterocycles. The number of benzene rings is 1. The quantitative estimate of drug-likeness (QED) is 0.719. The van der Waals surface area contributed by atoms with Gasteiger partial charge in [-0.25, -0.2) is 5.10 Å². The third kappa shape index (κ3) is 1.16. The number of hydrogen-bond acceptors (Lipinski definition) is 3. The molecule has 5 heteroatoms. The second-order valence-corrected chi connectivity index (χ2v) is 2.55. The fraction of sp³-hybridized carbons (Fsp3) is 0. The Morgan fingerprint density at radius 3 is 3.08 bits per heavy atom. The lowest BCUT2D eigenvalue weighted by Gasteiger charge is -1.95. The van der Waals surface area contributed by atoms with Crippen molar-refractivity contribution < 1.29 is 0 Å². The first-order chi connectivity index (χ1) is 5.88. The molecule has 0 bridgehead atoms. The molecule has 1 aromatic carbocycles. The molecule has 0 spiro atoms. The van der Waals surface area contributed by atoms with Gasteiger partial charge in [-0.1, -0.05) is 23.7 Å². The molecular formula is C7H4ClN4. The molecule has 0 saturated heterocycles.